The molecule has 1 N–H and O–H groups in total. The fraction of sp³-hybridized carbons (Fsp3) is 0.176. The number of rotatable bonds is 4. The van der Waals surface area contributed by atoms with Gasteiger partial charge < -0.3 is 10.2 Å². The fourth-order valence-electron chi connectivity index (χ4n) is 2.18. The first-order valence-electron chi connectivity index (χ1n) is 7.29. The molecule has 0 radical (unpaired) electrons. The van der Waals surface area contributed by atoms with Crippen LogP contribution >= 0.6 is 11.6 Å². The van der Waals surface area contributed by atoms with Gasteiger partial charge in [0.2, 0.25) is 11.8 Å². The van der Waals surface area contributed by atoms with Crippen molar-refractivity contribution in [2.24, 2.45) is 0 Å². The highest BCUT2D eigenvalue weighted by atomic mass is 35.5. The molecule has 2 amide bonds. The van der Waals surface area contributed by atoms with Gasteiger partial charge >= 0.3 is 6.18 Å². The molecule has 0 aliphatic carbocycles. The van der Waals surface area contributed by atoms with E-state index in [0.717, 1.165) is 24.0 Å². The number of anilines is 2. The zero-order valence-electron chi connectivity index (χ0n) is 13.4. The minimum absolute atomic E-state index is 0.104. The van der Waals surface area contributed by atoms with Crippen LogP contribution in [0.1, 0.15) is 12.5 Å². The molecule has 0 fully saturated rings. The van der Waals surface area contributed by atoms with Crippen molar-refractivity contribution in [3.05, 3.63) is 58.9 Å². The zero-order chi connectivity index (χ0) is 19.5. The second kappa shape index (κ2) is 7.74. The summed E-state index contributed by atoms with van der Waals surface area (Å²) in [5.74, 6) is -2.11. The maximum absolute atomic E-state index is 13.6. The molecule has 0 heterocycles. The van der Waals surface area contributed by atoms with Crippen molar-refractivity contribution in [3.63, 3.8) is 0 Å². The van der Waals surface area contributed by atoms with Gasteiger partial charge in [-0.15, -0.1) is 0 Å². The average Bonchev–Trinajstić information content (AvgIpc) is 2.54. The maximum atomic E-state index is 13.6. The topological polar surface area (TPSA) is 49.4 Å². The van der Waals surface area contributed by atoms with Crippen LogP contribution in [0.15, 0.2) is 42.5 Å². The Balaban J connectivity index is 2.26. The van der Waals surface area contributed by atoms with Crippen molar-refractivity contribution in [2.45, 2.75) is 13.1 Å². The number of amides is 2. The molecule has 0 spiro atoms. The van der Waals surface area contributed by atoms with E-state index < -0.39 is 40.9 Å². The van der Waals surface area contributed by atoms with Gasteiger partial charge in [0.25, 0.3) is 0 Å². The molecular formula is C17H13ClF4N2O2. The number of carbonyl (C=O) groups is 2. The van der Waals surface area contributed by atoms with E-state index >= 15 is 0 Å². The summed E-state index contributed by atoms with van der Waals surface area (Å²) in [7, 11) is 0. The Hall–Kier alpha value is -2.61. The van der Waals surface area contributed by atoms with E-state index in [1.54, 1.807) is 0 Å². The van der Waals surface area contributed by atoms with E-state index in [2.05, 4.69) is 5.32 Å². The van der Waals surface area contributed by atoms with E-state index in [-0.39, 0.29) is 11.4 Å². The number of carbonyl (C=O) groups excluding carboxylic acids is 2. The Labute approximate surface area is 151 Å². The number of nitrogens with zero attached hydrogens (tertiary/aromatic N) is 1. The van der Waals surface area contributed by atoms with Crippen LogP contribution in [-0.2, 0) is 15.8 Å². The molecule has 0 bridgehead atoms. The Morgan fingerprint density at radius 1 is 1.15 bits per heavy atom. The molecule has 2 aromatic rings. The number of benzene rings is 2. The van der Waals surface area contributed by atoms with Crippen molar-refractivity contribution in [2.75, 3.05) is 16.8 Å². The van der Waals surface area contributed by atoms with Crippen LogP contribution in [0.4, 0.5) is 28.9 Å². The summed E-state index contributed by atoms with van der Waals surface area (Å²) in [6, 6.07) is 8.23. The van der Waals surface area contributed by atoms with Gasteiger partial charge in [0, 0.05) is 12.6 Å². The lowest BCUT2D eigenvalue weighted by atomic mass is 10.1. The number of alkyl halides is 3. The van der Waals surface area contributed by atoms with Crippen molar-refractivity contribution in [1.82, 2.24) is 0 Å². The maximum Gasteiger partial charge on any atom is 0.417 e. The van der Waals surface area contributed by atoms with E-state index in [0.29, 0.717) is 6.07 Å². The smallest absolute Gasteiger partial charge is 0.322 e. The molecule has 2 rings (SSSR count). The van der Waals surface area contributed by atoms with Crippen LogP contribution in [-0.4, -0.2) is 18.4 Å². The predicted molar refractivity (Wildman–Crippen MR) is 89.5 cm³/mol. The number of nitrogens with one attached hydrogen (secondary N) is 1. The van der Waals surface area contributed by atoms with Crippen LogP contribution < -0.4 is 10.2 Å². The molecule has 0 saturated heterocycles. The lowest BCUT2D eigenvalue weighted by Gasteiger charge is -2.22. The minimum Gasteiger partial charge on any atom is -0.322 e. The first-order valence-corrected chi connectivity index (χ1v) is 7.66. The van der Waals surface area contributed by atoms with Gasteiger partial charge in [-0.05, 0) is 30.3 Å². The van der Waals surface area contributed by atoms with Crippen molar-refractivity contribution >= 4 is 34.8 Å². The molecule has 9 heteroatoms. The number of halogens is 5. The van der Waals surface area contributed by atoms with Crippen LogP contribution in [0.5, 0.6) is 0 Å². The van der Waals surface area contributed by atoms with Crippen LogP contribution in [0, 0.1) is 5.82 Å². The van der Waals surface area contributed by atoms with Gasteiger partial charge in [0.1, 0.15) is 12.4 Å². The summed E-state index contributed by atoms with van der Waals surface area (Å²) in [5.41, 5.74) is -1.39. The molecular weight excluding hydrogens is 376 g/mol. The van der Waals surface area contributed by atoms with Gasteiger partial charge in [-0.3, -0.25) is 9.59 Å². The summed E-state index contributed by atoms with van der Waals surface area (Å²) in [6.07, 6.45) is -4.72. The van der Waals surface area contributed by atoms with Gasteiger partial charge in [0.05, 0.1) is 16.3 Å². The monoisotopic (exact) mass is 388 g/mol. The van der Waals surface area contributed by atoms with Crippen LogP contribution in [0.3, 0.4) is 0 Å². The van der Waals surface area contributed by atoms with E-state index in [9.17, 15) is 27.2 Å². The van der Waals surface area contributed by atoms with Gasteiger partial charge in [0.15, 0.2) is 0 Å². The number of hydrogen-bond donors (Lipinski definition) is 1. The summed E-state index contributed by atoms with van der Waals surface area (Å²) in [6.45, 7) is 0.501. The van der Waals surface area contributed by atoms with Crippen LogP contribution in [0.2, 0.25) is 5.02 Å². The minimum atomic E-state index is -4.72. The van der Waals surface area contributed by atoms with Gasteiger partial charge in [-0.1, -0.05) is 23.7 Å². The Bertz CT molecular complexity index is 840. The second-order valence-electron chi connectivity index (χ2n) is 5.30. The third-order valence-corrected chi connectivity index (χ3v) is 3.73. The highest BCUT2D eigenvalue weighted by molar-refractivity contribution is 6.31. The summed E-state index contributed by atoms with van der Waals surface area (Å²) in [5, 5.41) is 1.74. The van der Waals surface area contributed by atoms with Crippen molar-refractivity contribution in [3.8, 4) is 0 Å². The molecule has 2 aromatic carbocycles. The molecule has 26 heavy (non-hydrogen) atoms. The van der Waals surface area contributed by atoms with E-state index in [1.807, 2.05) is 0 Å². The van der Waals surface area contributed by atoms with Crippen molar-refractivity contribution in [1.29, 1.82) is 0 Å². The average molecular weight is 389 g/mol. The Kier molecular flexibility index (Phi) is 5.86. The lowest BCUT2D eigenvalue weighted by Crippen LogP contribution is -2.37. The number of hydrogen-bond acceptors (Lipinski definition) is 2. The molecule has 0 aliphatic rings. The molecule has 0 aromatic heterocycles. The van der Waals surface area contributed by atoms with Crippen molar-refractivity contribution < 1.29 is 27.2 Å². The second-order valence-corrected chi connectivity index (χ2v) is 5.70. The Morgan fingerprint density at radius 2 is 1.81 bits per heavy atom. The molecule has 138 valence electrons. The summed E-state index contributed by atoms with van der Waals surface area (Å²) < 4.78 is 52.5. The zero-order valence-corrected chi connectivity index (χ0v) is 14.2. The van der Waals surface area contributed by atoms with E-state index in [4.69, 9.17) is 11.6 Å². The van der Waals surface area contributed by atoms with Crippen LogP contribution in [0.25, 0.3) is 0 Å². The molecule has 0 atom stereocenters. The molecule has 4 nitrogen and oxygen atoms in total. The lowest BCUT2D eigenvalue weighted by molar-refractivity contribution is -0.137. The molecule has 0 unspecified atom stereocenters. The quantitative estimate of drug-likeness (QED) is 0.784. The normalized spacial score (nSPS) is 11.2. The largest absolute Gasteiger partial charge is 0.417 e. The van der Waals surface area contributed by atoms with Gasteiger partial charge in [-0.2, -0.15) is 13.2 Å². The van der Waals surface area contributed by atoms with E-state index in [1.165, 1.54) is 24.3 Å². The first kappa shape index (κ1) is 19.7. The third-order valence-electron chi connectivity index (χ3n) is 3.40. The standard InChI is InChI=1S/C17H13ClF4N2O2/c1-10(25)24(9-16(26)23-15-5-3-2-4-14(15)19)11-6-7-13(18)12(8-11)17(20,21)22/h2-8H,9H2,1H3,(H,23,26). The predicted octanol–water partition coefficient (Wildman–Crippen LogP) is 4.49. The summed E-state index contributed by atoms with van der Waals surface area (Å²) >= 11 is 5.55. The first-order chi connectivity index (χ1) is 12.1. The molecule has 0 aliphatic heterocycles. The third kappa shape index (κ3) is 4.72. The number of para-hydroxylation sites is 1. The highest BCUT2D eigenvalue weighted by Gasteiger charge is 2.34. The highest BCUT2D eigenvalue weighted by Crippen LogP contribution is 2.37. The Morgan fingerprint density at radius 3 is 2.38 bits per heavy atom. The molecule has 0 saturated carbocycles. The van der Waals surface area contributed by atoms with Gasteiger partial charge in [-0.25, -0.2) is 4.39 Å². The summed E-state index contributed by atoms with van der Waals surface area (Å²) in [4.78, 5) is 24.7. The fourth-order valence-corrected chi connectivity index (χ4v) is 2.40. The SMILES string of the molecule is CC(=O)N(CC(=O)Nc1ccccc1F)c1ccc(Cl)c(C(F)(F)F)c1.